The molecule has 3 rings (SSSR count). The minimum absolute atomic E-state index is 0.195. The van der Waals surface area contributed by atoms with E-state index in [1.807, 2.05) is 24.6 Å². The molecule has 1 aliphatic rings. The van der Waals surface area contributed by atoms with Gasteiger partial charge >= 0.3 is 0 Å². The van der Waals surface area contributed by atoms with Gasteiger partial charge < -0.3 is 9.52 Å². The normalized spacial score (nSPS) is 23.4. The summed E-state index contributed by atoms with van der Waals surface area (Å²) in [6, 6.07) is 4.13. The number of nitrogens with zero attached hydrogens (tertiary/aromatic N) is 3. The van der Waals surface area contributed by atoms with Crippen LogP contribution in [0.5, 0.6) is 0 Å². The summed E-state index contributed by atoms with van der Waals surface area (Å²) in [5, 5.41) is 20.2. The van der Waals surface area contributed by atoms with Crippen molar-refractivity contribution in [2.24, 2.45) is 0 Å². The minimum Gasteiger partial charge on any atom is -0.419 e. The standard InChI is InChI=1S/C14H19N3O2S/c1-17(10-5-2-3-6-11(10)18)9-13-15-16-14(19-13)12-7-4-8-20-12/h4,7-8,10-11,18H,2-3,5-6,9H2,1H3. The molecule has 0 saturated heterocycles. The molecular weight excluding hydrogens is 274 g/mol. The van der Waals surface area contributed by atoms with Crippen molar-refractivity contribution >= 4 is 11.3 Å². The zero-order chi connectivity index (χ0) is 13.9. The summed E-state index contributed by atoms with van der Waals surface area (Å²) in [6.07, 6.45) is 3.97. The molecule has 20 heavy (non-hydrogen) atoms. The summed E-state index contributed by atoms with van der Waals surface area (Å²) in [4.78, 5) is 3.11. The van der Waals surface area contributed by atoms with Crippen LogP contribution in [0.4, 0.5) is 0 Å². The zero-order valence-electron chi connectivity index (χ0n) is 11.5. The first-order chi connectivity index (χ1) is 9.74. The molecule has 0 spiro atoms. The number of hydrogen-bond donors (Lipinski definition) is 1. The van der Waals surface area contributed by atoms with Gasteiger partial charge in [0, 0.05) is 6.04 Å². The van der Waals surface area contributed by atoms with E-state index in [0.717, 1.165) is 24.1 Å². The van der Waals surface area contributed by atoms with E-state index >= 15 is 0 Å². The molecule has 0 aromatic carbocycles. The van der Waals surface area contributed by atoms with Crippen LogP contribution in [0.3, 0.4) is 0 Å². The topological polar surface area (TPSA) is 62.4 Å². The second-order valence-corrected chi connectivity index (χ2v) is 6.26. The first kappa shape index (κ1) is 13.7. The van der Waals surface area contributed by atoms with E-state index in [0.29, 0.717) is 18.3 Å². The minimum atomic E-state index is -0.242. The molecule has 2 unspecified atom stereocenters. The van der Waals surface area contributed by atoms with Crippen molar-refractivity contribution < 1.29 is 9.52 Å². The lowest BCUT2D eigenvalue weighted by molar-refractivity contribution is 0.0256. The summed E-state index contributed by atoms with van der Waals surface area (Å²) in [5.41, 5.74) is 0. The van der Waals surface area contributed by atoms with Gasteiger partial charge in [-0.2, -0.15) is 0 Å². The lowest BCUT2D eigenvalue weighted by atomic mass is 9.92. The van der Waals surface area contributed by atoms with Crippen molar-refractivity contribution in [2.75, 3.05) is 7.05 Å². The monoisotopic (exact) mass is 293 g/mol. The third-order valence-electron chi connectivity index (χ3n) is 3.84. The molecule has 5 nitrogen and oxygen atoms in total. The van der Waals surface area contributed by atoms with E-state index in [1.165, 1.54) is 6.42 Å². The van der Waals surface area contributed by atoms with Gasteiger partial charge in [0.15, 0.2) is 0 Å². The van der Waals surface area contributed by atoms with Crippen molar-refractivity contribution in [3.05, 3.63) is 23.4 Å². The van der Waals surface area contributed by atoms with Crippen LogP contribution < -0.4 is 0 Å². The fourth-order valence-electron chi connectivity index (χ4n) is 2.75. The first-order valence-corrected chi connectivity index (χ1v) is 7.86. The first-order valence-electron chi connectivity index (χ1n) is 6.98. The van der Waals surface area contributed by atoms with Gasteiger partial charge in [0.25, 0.3) is 5.89 Å². The molecule has 2 aromatic rings. The average Bonchev–Trinajstić information content (AvgIpc) is 3.09. The summed E-state index contributed by atoms with van der Waals surface area (Å²) in [7, 11) is 2.01. The molecule has 108 valence electrons. The Morgan fingerprint density at radius 2 is 2.25 bits per heavy atom. The number of aromatic nitrogens is 2. The Morgan fingerprint density at radius 3 is 3.00 bits per heavy atom. The number of hydrogen-bond acceptors (Lipinski definition) is 6. The van der Waals surface area contributed by atoms with E-state index in [1.54, 1.807) is 11.3 Å². The summed E-state index contributed by atoms with van der Waals surface area (Å²) in [6.45, 7) is 0.583. The highest BCUT2D eigenvalue weighted by Crippen LogP contribution is 2.25. The predicted molar refractivity (Wildman–Crippen MR) is 77.3 cm³/mol. The second-order valence-electron chi connectivity index (χ2n) is 5.31. The molecule has 2 atom stereocenters. The highest BCUT2D eigenvalue weighted by molar-refractivity contribution is 7.13. The van der Waals surface area contributed by atoms with Crippen LogP contribution in [0.2, 0.25) is 0 Å². The fraction of sp³-hybridized carbons (Fsp3) is 0.571. The third kappa shape index (κ3) is 2.92. The average molecular weight is 293 g/mol. The number of aliphatic hydroxyl groups excluding tert-OH is 1. The highest BCUT2D eigenvalue weighted by Gasteiger charge is 2.27. The fourth-order valence-corrected chi connectivity index (χ4v) is 3.40. The number of likely N-dealkylation sites (N-methyl/N-ethyl adjacent to an activating group) is 1. The van der Waals surface area contributed by atoms with Gasteiger partial charge in [-0.25, -0.2) is 0 Å². The molecule has 6 heteroatoms. The van der Waals surface area contributed by atoms with Gasteiger partial charge in [0.2, 0.25) is 5.89 Å². The molecule has 0 bridgehead atoms. The predicted octanol–water partition coefficient (Wildman–Crippen LogP) is 2.53. The number of thiophene rings is 1. The summed E-state index contributed by atoms with van der Waals surface area (Å²) >= 11 is 1.59. The van der Waals surface area contributed by atoms with Gasteiger partial charge in [-0.3, -0.25) is 4.90 Å². The van der Waals surface area contributed by atoms with E-state index in [9.17, 15) is 5.11 Å². The van der Waals surface area contributed by atoms with Crippen molar-refractivity contribution in [3.8, 4) is 10.8 Å². The Labute approximate surface area is 122 Å². The number of aliphatic hydroxyl groups is 1. The van der Waals surface area contributed by atoms with Crippen LogP contribution in [0.15, 0.2) is 21.9 Å². The molecule has 1 N–H and O–H groups in total. The lowest BCUT2D eigenvalue weighted by Crippen LogP contribution is -2.42. The van der Waals surface area contributed by atoms with Crippen LogP contribution >= 0.6 is 11.3 Å². The Balaban J connectivity index is 1.65. The van der Waals surface area contributed by atoms with E-state index in [-0.39, 0.29) is 12.1 Å². The molecule has 0 aliphatic heterocycles. The molecule has 2 heterocycles. The molecule has 1 fully saturated rings. The Bertz CT molecular complexity index is 540. The van der Waals surface area contributed by atoms with Gasteiger partial charge in [-0.15, -0.1) is 21.5 Å². The van der Waals surface area contributed by atoms with Crippen LogP contribution in [0.1, 0.15) is 31.6 Å². The Morgan fingerprint density at radius 1 is 1.40 bits per heavy atom. The largest absolute Gasteiger partial charge is 0.419 e. The zero-order valence-corrected chi connectivity index (χ0v) is 12.3. The maximum Gasteiger partial charge on any atom is 0.257 e. The number of rotatable bonds is 4. The molecular formula is C14H19N3O2S. The smallest absolute Gasteiger partial charge is 0.257 e. The maximum absolute atomic E-state index is 10.1. The third-order valence-corrected chi connectivity index (χ3v) is 4.70. The molecule has 0 radical (unpaired) electrons. The van der Waals surface area contributed by atoms with Gasteiger partial charge in [0.05, 0.1) is 17.5 Å². The SMILES string of the molecule is CN(Cc1nnc(-c2cccs2)o1)C1CCCCC1O. The highest BCUT2D eigenvalue weighted by atomic mass is 32.1. The van der Waals surface area contributed by atoms with Crippen molar-refractivity contribution in [1.82, 2.24) is 15.1 Å². The maximum atomic E-state index is 10.1. The van der Waals surface area contributed by atoms with Crippen LogP contribution in [0.25, 0.3) is 10.8 Å². The second kappa shape index (κ2) is 6.03. The van der Waals surface area contributed by atoms with Gasteiger partial charge in [0.1, 0.15) is 0 Å². The molecule has 1 saturated carbocycles. The Hall–Kier alpha value is -1.24. The van der Waals surface area contributed by atoms with E-state index < -0.39 is 0 Å². The van der Waals surface area contributed by atoms with Gasteiger partial charge in [-0.05, 0) is 31.3 Å². The van der Waals surface area contributed by atoms with Crippen molar-refractivity contribution in [1.29, 1.82) is 0 Å². The molecule has 1 aliphatic carbocycles. The van der Waals surface area contributed by atoms with E-state index in [2.05, 4.69) is 15.1 Å². The quantitative estimate of drug-likeness (QED) is 0.938. The molecule has 0 amide bonds. The summed E-state index contributed by atoms with van der Waals surface area (Å²) in [5.74, 6) is 1.18. The van der Waals surface area contributed by atoms with Crippen molar-refractivity contribution in [3.63, 3.8) is 0 Å². The van der Waals surface area contributed by atoms with Crippen LogP contribution in [-0.2, 0) is 6.54 Å². The molecule has 2 aromatic heterocycles. The Kier molecular flexibility index (Phi) is 4.14. The van der Waals surface area contributed by atoms with Crippen LogP contribution in [-0.4, -0.2) is 39.4 Å². The van der Waals surface area contributed by atoms with Crippen molar-refractivity contribution in [2.45, 2.75) is 44.4 Å². The van der Waals surface area contributed by atoms with Gasteiger partial charge in [-0.1, -0.05) is 18.9 Å². The summed E-state index contributed by atoms with van der Waals surface area (Å²) < 4.78 is 5.69. The lowest BCUT2D eigenvalue weighted by Gasteiger charge is -2.34. The van der Waals surface area contributed by atoms with E-state index in [4.69, 9.17) is 4.42 Å². The van der Waals surface area contributed by atoms with Crippen LogP contribution in [0, 0.1) is 0 Å².